The van der Waals surface area contributed by atoms with E-state index in [1.54, 1.807) is 25.4 Å². The van der Waals surface area contributed by atoms with Gasteiger partial charge in [-0.05, 0) is 24.1 Å². The van der Waals surface area contributed by atoms with Crippen molar-refractivity contribution in [3.05, 3.63) is 73.5 Å². The van der Waals surface area contributed by atoms with Crippen LogP contribution in [0.5, 0.6) is 0 Å². The lowest BCUT2D eigenvalue weighted by Gasteiger charge is -2.18. The molecule has 3 aromatic heterocycles. The number of rotatable bonds is 6. The predicted octanol–water partition coefficient (Wildman–Crippen LogP) is 2.32. The molecule has 0 saturated heterocycles. The Morgan fingerprint density at radius 2 is 1.81 bits per heavy atom. The van der Waals surface area contributed by atoms with E-state index in [1.807, 2.05) is 35.6 Å². The lowest BCUT2D eigenvalue weighted by Crippen LogP contribution is -2.37. The summed E-state index contributed by atoms with van der Waals surface area (Å²) >= 11 is 6.02. The van der Waals surface area contributed by atoms with Gasteiger partial charge in [0.25, 0.3) is 5.56 Å². The molecule has 3 heterocycles. The smallest absolute Gasteiger partial charge is 0.332 e. The van der Waals surface area contributed by atoms with Gasteiger partial charge in [0, 0.05) is 26.2 Å². The summed E-state index contributed by atoms with van der Waals surface area (Å²) in [5.74, 6) is 1.07. The number of aryl methyl sites for hydroxylation is 2. The molecule has 1 aromatic carbocycles. The average molecular weight is 443 g/mol. The van der Waals surface area contributed by atoms with E-state index in [0.29, 0.717) is 41.1 Å². The first kappa shape index (κ1) is 20.9. The summed E-state index contributed by atoms with van der Waals surface area (Å²) in [5.41, 5.74) is 1.66. The molecule has 0 aliphatic carbocycles. The normalized spacial score (nSPS) is 11.4. The van der Waals surface area contributed by atoms with Gasteiger partial charge >= 0.3 is 5.69 Å². The first-order valence-corrected chi connectivity index (χ1v) is 10.2. The Bertz CT molecular complexity index is 1360. The monoisotopic (exact) mass is 442 g/mol. The molecule has 0 aliphatic rings. The van der Waals surface area contributed by atoms with E-state index in [4.69, 9.17) is 16.0 Å². The van der Waals surface area contributed by atoms with Gasteiger partial charge in [-0.3, -0.25) is 18.5 Å². The highest BCUT2D eigenvalue weighted by molar-refractivity contribution is 6.30. The molecule has 9 nitrogen and oxygen atoms in total. The second-order valence-electron chi connectivity index (χ2n) is 7.44. The van der Waals surface area contributed by atoms with E-state index in [0.717, 1.165) is 22.2 Å². The van der Waals surface area contributed by atoms with E-state index in [2.05, 4.69) is 9.97 Å². The molecule has 4 aromatic rings. The fourth-order valence-corrected chi connectivity index (χ4v) is 3.63. The van der Waals surface area contributed by atoms with Crippen LogP contribution in [-0.4, -0.2) is 30.7 Å². The maximum Gasteiger partial charge on any atom is 0.332 e. The Morgan fingerprint density at radius 3 is 2.45 bits per heavy atom. The molecule has 0 bridgehead atoms. The first-order chi connectivity index (χ1) is 14.8. The Kier molecular flexibility index (Phi) is 5.45. The number of hydrogen-bond donors (Lipinski definition) is 0. The molecule has 31 heavy (non-hydrogen) atoms. The van der Waals surface area contributed by atoms with Gasteiger partial charge in [0.1, 0.15) is 6.26 Å². The van der Waals surface area contributed by atoms with Crippen molar-refractivity contribution in [3.63, 3.8) is 0 Å². The van der Waals surface area contributed by atoms with Crippen LogP contribution in [0.2, 0.25) is 5.02 Å². The van der Waals surface area contributed by atoms with Crippen LogP contribution in [0, 0.1) is 0 Å². The molecule has 162 valence electrons. The van der Waals surface area contributed by atoms with Crippen LogP contribution in [0.3, 0.4) is 0 Å². The van der Waals surface area contributed by atoms with Gasteiger partial charge in [-0.1, -0.05) is 30.7 Å². The average Bonchev–Trinajstić information content (AvgIpc) is 3.37. The topological polar surface area (TPSA) is 91.1 Å². The van der Waals surface area contributed by atoms with E-state index >= 15 is 0 Å². The van der Waals surface area contributed by atoms with Gasteiger partial charge in [-0.2, -0.15) is 4.98 Å². The highest BCUT2D eigenvalue weighted by Crippen LogP contribution is 2.22. The third-order valence-corrected chi connectivity index (χ3v) is 5.51. The fourth-order valence-electron chi connectivity index (χ4n) is 3.51. The molecule has 0 amide bonds. The van der Waals surface area contributed by atoms with Crippen molar-refractivity contribution < 1.29 is 4.42 Å². The van der Waals surface area contributed by atoms with Crippen LogP contribution in [0.15, 0.2) is 44.5 Å². The first-order valence-electron chi connectivity index (χ1n) is 9.85. The van der Waals surface area contributed by atoms with Crippen molar-refractivity contribution in [2.45, 2.75) is 26.4 Å². The molecule has 0 atom stereocenters. The van der Waals surface area contributed by atoms with Crippen molar-refractivity contribution in [3.8, 4) is 0 Å². The number of nitrogens with zero attached hydrogens (tertiary/aromatic N) is 6. The highest BCUT2D eigenvalue weighted by Gasteiger charge is 2.22. The molecule has 4 rings (SSSR count). The summed E-state index contributed by atoms with van der Waals surface area (Å²) in [6.45, 7) is 2.75. The summed E-state index contributed by atoms with van der Waals surface area (Å²) < 4.78 is 9.84. The number of halogens is 1. The quantitative estimate of drug-likeness (QED) is 0.455. The van der Waals surface area contributed by atoms with Gasteiger partial charge in [0.05, 0.1) is 18.8 Å². The Hall–Kier alpha value is -3.33. The molecule has 10 heteroatoms. The van der Waals surface area contributed by atoms with Crippen molar-refractivity contribution in [2.75, 3.05) is 11.9 Å². The lowest BCUT2D eigenvalue weighted by atomic mass is 10.2. The summed E-state index contributed by atoms with van der Waals surface area (Å²) in [5, 5.41) is 0.630. The maximum absolute atomic E-state index is 13.0. The van der Waals surface area contributed by atoms with Gasteiger partial charge in [-0.25, -0.2) is 9.78 Å². The maximum atomic E-state index is 13.0. The molecule has 0 unspecified atom stereocenters. The minimum atomic E-state index is -0.428. The number of anilines is 1. The number of imidazole rings is 1. The lowest BCUT2D eigenvalue weighted by molar-refractivity contribution is 0.490. The predicted molar refractivity (Wildman–Crippen MR) is 119 cm³/mol. The van der Waals surface area contributed by atoms with E-state index in [-0.39, 0.29) is 0 Å². The fraction of sp³-hybridized carbons (Fsp3) is 0.333. The second-order valence-corrected chi connectivity index (χ2v) is 7.88. The summed E-state index contributed by atoms with van der Waals surface area (Å²) in [7, 11) is 4.92. The Morgan fingerprint density at radius 1 is 1.10 bits per heavy atom. The van der Waals surface area contributed by atoms with Crippen LogP contribution < -0.4 is 16.1 Å². The molecule has 0 fully saturated rings. The Labute approximate surface area is 183 Å². The van der Waals surface area contributed by atoms with Crippen molar-refractivity contribution in [1.82, 2.24) is 23.7 Å². The number of oxazole rings is 1. The van der Waals surface area contributed by atoms with Crippen molar-refractivity contribution >= 4 is 28.7 Å². The molecule has 0 radical (unpaired) electrons. The molecular weight excluding hydrogens is 420 g/mol. The summed E-state index contributed by atoms with van der Waals surface area (Å²) in [6, 6.07) is 7.39. The van der Waals surface area contributed by atoms with Crippen LogP contribution in [0.25, 0.3) is 11.2 Å². The third-order valence-electron chi connectivity index (χ3n) is 5.26. The van der Waals surface area contributed by atoms with Crippen molar-refractivity contribution in [1.29, 1.82) is 0 Å². The number of fused-ring (bicyclic) bond motifs is 1. The van der Waals surface area contributed by atoms with E-state index in [9.17, 15) is 9.59 Å². The van der Waals surface area contributed by atoms with Crippen LogP contribution >= 0.6 is 11.6 Å². The molecule has 0 N–H and O–H groups in total. The van der Waals surface area contributed by atoms with Gasteiger partial charge in [-0.15, -0.1) is 0 Å². The van der Waals surface area contributed by atoms with E-state index in [1.165, 1.54) is 11.6 Å². The third kappa shape index (κ3) is 3.76. The molecule has 0 aliphatic heterocycles. The zero-order valence-electron chi connectivity index (χ0n) is 17.8. The Balaban J connectivity index is 1.87. The van der Waals surface area contributed by atoms with Crippen LogP contribution in [-0.2, 0) is 33.6 Å². The molecule has 0 spiro atoms. The minimum Gasteiger partial charge on any atom is -0.447 e. The van der Waals surface area contributed by atoms with Crippen LogP contribution in [0.4, 0.5) is 5.95 Å². The molecular formula is C21H23ClN6O3. The standard InChI is InChI=1S/C21H23ClN6O3/c1-5-15-12-31-16(23-15)11-25(2)20-24-18-17(19(29)27(4)21(30)26(18)3)28(20)10-13-6-8-14(22)9-7-13/h6-9,12H,5,10-11H2,1-4H3. The number of aromatic nitrogens is 5. The van der Waals surface area contributed by atoms with Gasteiger partial charge in [0.15, 0.2) is 11.2 Å². The zero-order chi connectivity index (χ0) is 22.3. The van der Waals surface area contributed by atoms with Crippen LogP contribution in [0.1, 0.15) is 24.1 Å². The summed E-state index contributed by atoms with van der Waals surface area (Å²) in [6.07, 6.45) is 2.42. The van der Waals surface area contributed by atoms with E-state index < -0.39 is 11.2 Å². The zero-order valence-corrected chi connectivity index (χ0v) is 18.5. The largest absolute Gasteiger partial charge is 0.447 e. The minimum absolute atomic E-state index is 0.325. The van der Waals surface area contributed by atoms with Crippen molar-refractivity contribution in [2.24, 2.45) is 14.1 Å². The van der Waals surface area contributed by atoms with Gasteiger partial charge in [0.2, 0.25) is 11.8 Å². The number of hydrogen-bond acceptors (Lipinski definition) is 6. The molecule has 0 saturated carbocycles. The SMILES string of the molecule is CCc1coc(CN(C)c2nc3c(c(=O)n(C)c(=O)n3C)n2Cc2ccc(Cl)cc2)n1. The summed E-state index contributed by atoms with van der Waals surface area (Å²) in [4.78, 5) is 36.4. The number of benzene rings is 1. The highest BCUT2D eigenvalue weighted by atomic mass is 35.5. The second kappa shape index (κ2) is 8.07. The van der Waals surface area contributed by atoms with Gasteiger partial charge < -0.3 is 9.32 Å².